The molecule has 3 amide bonds. The second kappa shape index (κ2) is 5.67. The third-order valence-corrected chi connectivity index (χ3v) is 3.29. The minimum absolute atomic E-state index is 0.247. The van der Waals surface area contributed by atoms with Crippen LogP contribution < -0.4 is 15.8 Å². The van der Waals surface area contributed by atoms with Gasteiger partial charge in [0.2, 0.25) is 0 Å². The fraction of sp³-hybridized carbons (Fsp3) is 0.273. The van der Waals surface area contributed by atoms with Crippen molar-refractivity contribution in [1.29, 1.82) is 0 Å². The zero-order valence-corrected chi connectivity index (χ0v) is 11.1. The topological polar surface area (TPSA) is 81.4 Å². The second-order valence-electron chi connectivity index (χ2n) is 3.57. The Morgan fingerprint density at radius 1 is 1.35 bits per heavy atom. The molecular formula is C11H13BrN2O3. The van der Waals surface area contributed by atoms with E-state index < -0.39 is 11.9 Å². The highest BCUT2D eigenvalue weighted by atomic mass is 79.9. The number of urea groups is 1. The second-order valence-corrected chi connectivity index (χ2v) is 4.37. The molecule has 0 saturated carbocycles. The van der Waals surface area contributed by atoms with Crippen molar-refractivity contribution in [3.05, 3.63) is 27.7 Å². The van der Waals surface area contributed by atoms with Crippen molar-refractivity contribution in [1.82, 2.24) is 5.32 Å². The third-order valence-electron chi connectivity index (χ3n) is 2.04. The summed E-state index contributed by atoms with van der Waals surface area (Å²) >= 11 is 3.43. The summed E-state index contributed by atoms with van der Waals surface area (Å²) in [7, 11) is 0. The monoisotopic (exact) mass is 300 g/mol. The summed E-state index contributed by atoms with van der Waals surface area (Å²) in [6.45, 7) is 3.60. The van der Waals surface area contributed by atoms with E-state index in [1.54, 1.807) is 12.1 Å². The molecule has 5 nitrogen and oxygen atoms in total. The first kappa shape index (κ1) is 13.5. The summed E-state index contributed by atoms with van der Waals surface area (Å²) in [6, 6.07) is 2.71. The number of primary amides is 1. The largest absolute Gasteiger partial charge is 0.484 e. The highest BCUT2D eigenvalue weighted by molar-refractivity contribution is 9.10. The van der Waals surface area contributed by atoms with E-state index in [4.69, 9.17) is 10.5 Å². The summed E-state index contributed by atoms with van der Waals surface area (Å²) < 4.78 is 6.25. The molecule has 17 heavy (non-hydrogen) atoms. The Kier molecular flexibility index (Phi) is 4.51. The molecule has 0 spiro atoms. The number of hydrogen-bond donors (Lipinski definition) is 2. The molecule has 0 aromatic heterocycles. The van der Waals surface area contributed by atoms with Gasteiger partial charge in [-0.25, -0.2) is 4.79 Å². The molecule has 0 unspecified atom stereocenters. The van der Waals surface area contributed by atoms with Gasteiger partial charge in [0.1, 0.15) is 5.75 Å². The number of rotatable bonds is 3. The lowest BCUT2D eigenvalue weighted by Crippen LogP contribution is -2.38. The fourth-order valence-corrected chi connectivity index (χ4v) is 1.54. The Morgan fingerprint density at radius 2 is 1.88 bits per heavy atom. The molecular weight excluding hydrogens is 288 g/mol. The number of imide groups is 1. The van der Waals surface area contributed by atoms with Crippen molar-refractivity contribution in [3.63, 3.8) is 0 Å². The fourth-order valence-electron chi connectivity index (χ4n) is 1.31. The smallest absolute Gasteiger partial charge is 0.318 e. The SMILES string of the molecule is Cc1cc(OCC(=O)NC(N)=O)cc(C)c1Br. The van der Waals surface area contributed by atoms with Crippen LogP contribution in [0.3, 0.4) is 0 Å². The molecule has 1 aromatic carbocycles. The quantitative estimate of drug-likeness (QED) is 0.890. The van der Waals surface area contributed by atoms with Gasteiger partial charge in [-0.15, -0.1) is 0 Å². The van der Waals surface area contributed by atoms with Gasteiger partial charge in [0.25, 0.3) is 5.91 Å². The maximum Gasteiger partial charge on any atom is 0.318 e. The van der Waals surface area contributed by atoms with E-state index in [9.17, 15) is 9.59 Å². The number of aryl methyl sites for hydroxylation is 2. The first-order chi connectivity index (χ1) is 7.90. The minimum Gasteiger partial charge on any atom is -0.484 e. The number of carbonyl (C=O) groups excluding carboxylic acids is 2. The van der Waals surface area contributed by atoms with Crippen LogP contribution in [0.25, 0.3) is 0 Å². The van der Waals surface area contributed by atoms with Gasteiger partial charge in [0, 0.05) is 4.47 Å². The zero-order valence-electron chi connectivity index (χ0n) is 9.54. The number of amides is 3. The van der Waals surface area contributed by atoms with Gasteiger partial charge < -0.3 is 10.5 Å². The van der Waals surface area contributed by atoms with Crippen LogP contribution in [0.15, 0.2) is 16.6 Å². The lowest BCUT2D eigenvalue weighted by atomic mass is 10.1. The normalized spacial score (nSPS) is 9.82. The van der Waals surface area contributed by atoms with Crippen molar-refractivity contribution in [2.24, 2.45) is 5.73 Å². The van der Waals surface area contributed by atoms with E-state index in [0.29, 0.717) is 5.75 Å². The van der Waals surface area contributed by atoms with Gasteiger partial charge in [-0.2, -0.15) is 0 Å². The average Bonchev–Trinajstić information content (AvgIpc) is 2.22. The van der Waals surface area contributed by atoms with Gasteiger partial charge in [-0.05, 0) is 37.1 Å². The van der Waals surface area contributed by atoms with E-state index in [2.05, 4.69) is 15.9 Å². The van der Waals surface area contributed by atoms with Gasteiger partial charge in [-0.1, -0.05) is 15.9 Å². The molecule has 1 aromatic rings. The summed E-state index contributed by atoms with van der Waals surface area (Å²) in [5, 5.41) is 1.92. The van der Waals surface area contributed by atoms with Gasteiger partial charge in [0.05, 0.1) is 0 Å². The number of ether oxygens (including phenoxy) is 1. The molecule has 0 radical (unpaired) electrons. The standard InChI is InChI=1S/C11H13BrN2O3/c1-6-3-8(4-7(2)10(6)12)17-5-9(15)14-11(13)16/h3-4H,5H2,1-2H3,(H3,13,14,15,16). The number of benzene rings is 1. The summed E-state index contributed by atoms with van der Waals surface area (Å²) in [4.78, 5) is 21.5. The Balaban J connectivity index is 2.64. The van der Waals surface area contributed by atoms with E-state index >= 15 is 0 Å². The number of carbonyl (C=O) groups is 2. The van der Waals surface area contributed by atoms with Crippen molar-refractivity contribution in [3.8, 4) is 5.75 Å². The van der Waals surface area contributed by atoms with Crippen LogP contribution in [0.5, 0.6) is 5.75 Å². The Morgan fingerprint density at radius 3 is 2.35 bits per heavy atom. The molecule has 0 fully saturated rings. The minimum atomic E-state index is -0.887. The lowest BCUT2D eigenvalue weighted by molar-refractivity contribution is -0.121. The number of hydrogen-bond acceptors (Lipinski definition) is 3. The van der Waals surface area contributed by atoms with E-state index in [-0.39, 0.29) is 6.61 Å². The van der Waals surface area contributed by atoms with Crippen LogP contribution >= 0.6 is 15.9 Å². The van der Waals surface area contributed by atoms with Crippen LogP contribution in [0.1, 0.15) is 11.1 Å². The maximum atomic E-state index is 11.1. The molecule has 0 aliphatic carbocycles. The highest BCUT2D eigenvalue weighted by Crippen LogP contribution is 2.26. The van der Waals surface area contributed by atoms with Crippen molar-refractivity contribution >= 4 is 27.9 Å². The molecule has 92 valence electrons. The summed E-state index contributed by atoms with van der Waals surface area (Å²) in [5.41, 5.74) is 6.82. The van der Waals surface area contributed by atoms with Gasteiger partial charge >= 0.3 is 6.03 Å². The van der Waals surface area contributed by atoms with Crippen molar-refractivity contribution in [2.75, 3.05) is 6.61 Å². The molecule has 0 aliphatic heterocycles. The average molecular weight is 301 g/mol. The first-order valence-electron chi connectivity index (χ1n) is 4.89. The van der Waals surface area contributed by atoms with Gasteiger partial charge in [-0.3, -0.25) is 10.1 Å². The lowest BCUT2D eigenvalue weighted by Gasteiger charge is -2.09. The first-order valence-corrected chi connectivity index (χ1v) is 5.68. The summed E-state index contributed by atoms with van der Waals surface area (Å²) in [5.74, 6) is -0.00135. The summed E-state index contributed by atoms with van der Waals surface area (Å²) in [6.07, 6.45) is 0. The van der Waals surface area contributed by atoms with E-state index in [1.165, 1.54) is 0 Å². The van der Waals surface area contributed by atoms with Gasteiger partial charge in [0.15, 0.2) is 6.61 Å². The van der Waals surface area contributed by atoms with E-state index in [1.807, 2.05) is 19.2 Å². The van der Waals surface area contributed by atoms with E-state index in [0.717, 1.165) is 15.6 Å². The van der Waals surface area contributed by atoms with Crippen molar-refractivity contribution in [2.45, 2.75) is 13.8 Å². The van der Waals surface area contributed by atoms with Crippen LogP contribution in [-0.2, 0) is 4.79 Å². The molecule has 1 rings (SSSR count). The van der Waals surface area contributed by atoms with Crippen LogP contribution in [0.4, 0.5) is 4.79 Å². The number of nitrogens with two attached hydrogens (primary N) is 1. The Hall–Kier alpha value is -1.56. The highest BCUT2D eigenvalue weighted by Gasteiger charge is 2.07. The molecule has 3 N–H and O–H groups in total. The predicted octanol–water partition coefficient (Wildman–Crippen LogP) is 1.64. The number of halogens is 1. The molecule has 0 heterocycles. The zero-order chi connectivity index (χ0) is 13.0. The molecule has 6 heteroatoms. The van der Waals surface area contributed by atoms with Crippen LogP contribution in [0, 0.1) is 13.8 Å². The predicted molar refractivity (Wildman–Crippen MR) is 66.8 cm³/mol. The van der Waals surface area contributed by atoms with Crippen LogP contribution in [0.2, 0.25) is 0 Å². The Bertz CT molecular complexity index is 437. The molecule has 0 bridgehead atoms. The van der Waals surface area contributed by atoms with Crippen molar-refractivity contribution < 1.29 is 14.3 Å². The maximum absolute atomic E-state index is 11.1. The number of nitrogens with one attached hydrogen (secondary N) is 1. The third kappa shape index (κ3) is 4.07. The molecule has 0 aliphatic rings. The molecule has 0 saturated heterocycles. The Labute approximate surface area is 107 Å². The molecule has 0 atom stereocenters. The van der Waals surface area contributed by atoms with Crippen LogP contribution in [-0.4, -0.2) is 18.5 Å².